The Hall–Kier alpha value is -1.29. The second kappa shape index (κ2) is 4.81. The zero-order valence-corrected chi connectivity index (χ0v) is 8.62. The average molecular weight is 195 g/mol. The van der Waals surface area contributed by atoms with Gasteiger partial charge in [-0.05, 0) is 32.4 Å². The van der Waals surface area contributed by atoms with Crippen LogP contribution in [0.2, 0.25) is 0 Å². The molecule has 0 spiro atoms. The normalized spacial score (nSPS) is 12.5. The molecule has 1 aromatic rings. The average Bonchev–Trinajstić information content (AvgIpc) is 2.12. The Morgan fingerprint density at radius 1 is 1.57 bits per heavy atom. The Kier molecular flexibility index (Phi) is 3.71. The molecule has 1 atom stereocenters. The van der Waals surface area contributed by atoms with Gasteiger partial charge in [-0.15, -0.1) is 0 Å². The van der Waals surface area contributed by atoms with Gasteiger partial charge in [0.25, 0.3) is 0 Å². The topological polar surface area (TPSA) is 71.2 Å². The second-order valence-corrected chi connectivity index (χ2v) is 3.45. The molecule has 0 saturated carbocycles. The smallest absolute Gasteiger partial charge is 0.149 e. The van der Waals surface area contributed by atoms with Gasteiger partial charge >= 0.3 is 0 Å². The van der Waals surface area contributed by atoms with E-state index in [9.17, 15) is 0 Å². The number of aryl methyl sites for hydroxylation is 1. The van der Waals surface area contributed by atoms with Gasteiger partial charge in [0, 0.05) is 18.3 Å². The molecule has 1 heterocycles. The van der Waals surface area contributed by atoms with Gasteiger partial charge in [0.2, 0.25) is 0 Å². The molecule has 14 heavy (non-hydrogen) atoms. The molecule has 0 radical (unpaired) electrons. The van der Waals surface area contributed by atoms with Crippen molar-refractivity contribution < 1.29 is 5.11 Å². The van der Waals surface area contributed by atoms with Gasteiger partial charge in [-0.1, -0.05) is 0 Å². The minimum atomic E-state index is 0.167. The van der Waals surface area contributed by atoms with Crippen molar-refractivity contribution in [2.24, 2.45) is 0 Å². The first-order valence-electron chi connectivity index (χ1n) is 4.74. The van der Waals surface area contributed by atoms with Gasteiger partial charge in [-0.25, -0.2) is 4.98 Å². The third-order valence-electron chi connectivity index (χ3n) is 2.01. The molecule has 0 aliphatic rings. The fraction of sp³-hybridized carbons (Fsp3) is 0.500. The number of aliphatic hydroxyl groups is 1. The number of hydrogen-bond donors (Lipinski definition) is 3. The summed E-state index contributed by atoms with van der Waals surface area (Å²) >= 11 is 0. The summed E-state index contributed by atoms with van der Waals surface area (Å²) in [5.41, 5.74) is 7.31. The van der Waals surface area contributed by atoms with Crippen LogP contribution in [0, 0.1) is 6.92 Å². The summed E-state index contributed by atoms with van der Waals surface area (Å²) < 4.78 is 0. The molecular weight excluding hydrogens is 178 g/mol. The van der Waals surface area contributed by atoms with Crippen molar-refractivity contribution in [1.29, 1.82) is 0 Å². The molecule has 4 N–H and O–H groups in total. The molecule has 0 amide bonds. The monoisotopic (exact) mass is 195 g/mol. The van der Waals surface area contributed by atoms with Crippen molar-refractivity contribution in [3.63, 3.8) is 0 Å². The Morgan fingerprint density at radius 3 is 2.93 bits per heavy atom. The quantitative estimate of drug-likeness (QED) is 0.674. The molecule has 78 valence electrons. The highest BCUT2D eigenvalue weighted by Gasteiger charge is 2.05. The Labute approximate surface area is 84.2 Å². The van der Waals surface area contributed by atoms with Gasteiger partial charge in [0.05, 0.1) is 5.69 Å². The van der Waals surface area contributed by atoms with Crippen molar-refractivity contribution >= 4 is 11.5 Å². The van der Waals surface area contributed by atoms with Crippen LogP contribution in [-0.2, 0) is 0 Å². The number of rotatable bonds is 4. The number of nitrogen functional groups attached to an aromatic ring is 1. The molecule has 0 aromatic carbocycles. The Morgan fingerprint density at radius 2 is 2.29 bits per heavy atom. The fourth-order valence-electron chi connectivity index (χ4n) is 1.18. The van der Waals surface area contributed by atoms with E-state index in [1.807, 2.05) is 26.0 Å². The fourth-order valence-corrected chi connectivity index (χ4v) is 1.18. The molecule has 1 aromatic heterocycles. The number of aromatic nitrogens is 1. The Bertz CT molecular complexity index is 301. The highest BCUT2D eigenvalue weighted by Crippen LogP contribution is 2.16. The maximum atomic E-state index is 8.75. The predicted octanol–water partition coefficient (Wildman–Crippen LogP) is 1.16. The maximum Gasteiger partial charge on any atom is 0.149 e. The van der Waals surface area contributed by atoms with Crippen LogP contribution in [0.4, 0.5) is 11.5 Å². The summed E-state index contributed by atoms with van der Waals surface area (Å²) in [4.78, 5) is 4.28. The molecule has 4 nitrogen and oxygen atoms in total. The van der Waals surface area contributed by atoms with Crippen LogP contribution < -0.4 is 11.1 Å². The first kappa shape index (κ1) is 10.8. The summed E-state index contributed by atoms with van der Waals surface area (Å²) in [6, 6.07) is 3.88. The van der Waals surface area contributed by atoms with Crippen molar-refractivity contribution in [2.75, 3.05) is 17.7 Å². The van der Waals surface area contributed by atoms with E-state index >= 15 is 0 Å². The van der Waals surface area contributed by atoms with Crippen LogP contribution in [0.25, 0.3) is 0 Å². The van der Waals surface area contributed by atoms with Gasteiger partial charge in [-0.3, -0.25) is 0 Å². The van der Waals surface area contributed by atoms with Crippen LogP contribution in [0.5, 0.6) is 0 Å². The van der Waals surface area contributed by atoms with Crippen LogP contribution in [0.15, 0.2) is 12.1 Å². The minimum absolute atomic E-state index is 0.167. The zero-order chi connectivity index (χ0) is 10.6. The number of nitrogens with two attached hydrogens (primary N) is 1. The number of nitrogens with one attached hydrogen (secondary N) is 1. The first-order valence-corrected chi connectivity index (χ1v) is 4.74. The summed E-state index contributed by atoms with van der Waals surface area (Å²) in [7, 11) is 0. The van der Waals surface area contributed by atoms with E-state index in [2.05, 4.69) is 10.3 Å². The van der Waals surface area contributed by atoms with E-state index in [-0.39, 0.29) is 12.6 Å². The molecule has 0 fully saturated rings. The van der Waals surface area contributed by atoms with Gasteiger partial charge < -0.3 is 16.2 Å². The molecule has 0 aliphatic heterocycles. The van der Waals surface area contributed by atoms with E-state index in [0.29, 0.717) is 17.9 Å². The summed E-state index contributed by atoms with van der Waals surface area (Å²) in [5, 5.41) is 11.9. The van der Waals surface area contributed by atoms with Crippen molar-refractivity contribution in [2.45, 2.75) is 26.3 Å². The van der Waals surface area contributed by atoms with Crippen molar-refractivity contribution in [3.8, 4) is 0 Å². The predicted molar refractivity (Wildman–Crippen MR) is 58.2 cm³/mol. The molecule has 1 unspecified atom stereocenters. The zero-order valence-electron chi connectivity index (χ0n) is 8.62. The molecule has 0 saturated heterocycles. The molecule has 0 bridgehead atoms. The molecular formula is C10H17N3O. The number of nitrogens with zero attached hydrogens (tertiary/aromatic N) is 1. The van der Waals surface area contributed by atoms with Gasteiger partial charge in [-0.2, -0.15) is 0 Å². The number of aliphatic hydroxyl groups excluding tert-OH is 1. The van der Waals surface area contributed by atoms with Crippen LogP contribution >= 0.6 is 0 Å². The first-order chi connectivity index (χ1) is 6.63. The van der Waals surface area contributed by atoms with Gasteiger partial charge in [0.1, 0.15) is 5.82 Å². The largest absolute Gasteiger partial charge is 0.396 e. The number of hydrogen-bond acceptors (Lipinski definition) is 4. The third-order valence-corrected chi connectivity index (χ3v) is 2.01. The standard InChI is InChI=1S/C10H17N3O/c1-7-3-4-9(11)10(12-7)13-8(2)5-6-14/h3-4,8,14H,5-6,11H2,1-2H3,(H,12,13). The van der Waals surface area contributed by atoms with Gasteiger partial charge in [0.15, 0.2) is 0 Å². The van der Waals surface area contributed by atoms with Crippen LogP contribution in [0.3, 0.4) is 0 Å². The lowest BCUT2D eigenvalue weighted by Gasteiger charge is -2.14. The number of pyridine rings is 1. The highest BCUT2D eigenvalue weighted by atomic mass is 16.3. The van der Waals surface area contributed by atoms with Crippen molar-refractivity contribution in [1.82, 2.24) is 4.98 Å². The Balaban J connectivity index is 2.70. The lowest BCUT2D eigenvalue weighted by atomic mass is 10.2. The molecule has 1 rings (SSSR count). The second-order valence-electron chi connectivity index (χ2n) is 3.45. The lowest BCUT2D eigenvalue weighted by molar-refractivity contribution is 0.282. The van der Waals surface area contributed by atoms with E-state index in [1.165, 1.54) is 0 Å². The SMILES string of the molecule is Cc1ccc(N)c(NC(C)CCO)n1. The van der Waals surface area contributed by atoms with Crippen molar-refractivity contribution in [3.05, 3.63) is 17.8 Å². The van der Waals surface area contributed by atoms with Crippen LogP contribution in [0.1, 0.15) is 19.0 Å². The van der Waals surface area contributed by atoms with E-state index < -0.39 is 0 Å². The van der Waals surface area contributed by atoms with Crippen LogP contribution in [-0.4, -0.2) is 22.7 Å². The molecule has 0 aliphatic carbocycles. The van der Waals surface area contributed by atoms with E-state index in [0.717, 1.165) is 5.69 Å². The third kappa shape index (κ3) is 2.88. The summed E-state index contributed by atoms with van der Waals surface area (Å²) in [5.74, 6) is 0.700. The summed E-state index contributed by atoms with van der Waals surface area (Å²) in [6.45, 7) is 4.07. The van der Waals surface area contributed by atoms with E-state index in [1.54, 1.807) is 0 Å². The van der Waals surface area contributed by atoms with E-state index in [4.69, 9.17) is 10.8 Å². The minimum Gasteiger partial charge on any atom is -0.396 e. The lowest BCUT2D eigenvalue weighted by Crippen LogP contribution is -2.18. The summed E-state index contributed by atoms with van der Waals surface area (Å²) in [6.07, 6.45) is 0.690. The molecule has 4 heteroatoms. The maximum absolute atomic E-state index is 8.75. The highest BCUT2D eigenvalue weighted by molar-refractivity contribution is 5.61. The number of anilines is 2.